The van der Waals surface area contributed by atoms with Gasteiger partial charge >= 0.3 is 5.00 Å². The number of thiophene rings is 1. The van der Waals surface area contributed by atoms with E-state index in [9.17, 15) is 14.9 Å². The average molecular weight is 301 g/mol. The topological polar surface area (TPSA) is 84.7 Å². The molecule has 0 atom stereocenters. The van der Waals surface area contributed by atoms with Crippen LogP contribution >= 0.6 is 11.3 Å². The Kier molecular flexibility index (Phi) is 7.13. The number of nitrogens with one attached hydrogen (secondary N) is 1. The van der Waals surface area contributed by atoms with Crippen LogP contribution < -0.4 is 5.32 Å². The highest BCUT2D eigenvalue weighted by Gasteiger charge is 2.14. The summed E-state index contributed by atoms with van der Waals surface area (Å²) in [6.07, 6.45) is 0.819. The second-order valence-electron chi connectivity index (χ2n) is 4.30. The first-order valence-electron chi connectivity index (χ1n) is 6.24. The number of hydrogen-bond acceptors (Lipinski definition) is 6. The number of carbonyl (C=O) groups is 1. The maximum atomic E-state index is 11.7. The molecule has 0 spiro atoms. The van der Waals surface area contributed by atoms with Crippen molar-refractivity contribution in [2.45, 2.75) is 6.42 Å². The Morgan fingerprint density at radius 1 is 1.50 bits per heavy atom. The molecule has 1 heterocycles. The van der Waals surface area contributed by atoms with Crippen LogP contribution in [-0.2, 0) is 4.74 Å². The summed E-state index contributed by atoms with van der Waals surface area (Å²) in [5, 5.41) is 13.3. The Bertz CT molecular complexity index is 450. The van der Waals surface area contributed by atoms with Crippen LogP contribution in [0.3, 0.4) is 0 Å². The molecule has 0 saturated carbocycles. The van der Waals surface area contributed by atoms with Gasteiger partial charge in [-0.3, -0.25) is 14.9 Å². The van der Waals surface area contributed by atoms with Crippen molar-refractivity contribution in [2.75, 3.05) is 40.4 Å². The van der Waals surface area contributed by atoms with Gasteiger partial charge in [0.2, 0.25) is 0 Å². The van der Waals surface area contributed by atoms with Gasteiger partial charge in [0.1, 0.15) is 0 Å². The third-order valence-electron chi connectivity index (χ3n) is 2.67. The third-order valence-corrected chi connectivity index (χ3v) is 3.71. The van der Waals surface area contributed by atoms with Crippen molar-refractivity contribution in [3.63, 3.8) is 0 Å². The number of hydrogen-bond donors (Lipinski definition) is 1. The monoisotopic (exact) mass is 301 g/mol. The summed E-state index contributed by atoms with van der Waals surface area (Å²) in [4.78, 5) is 24.3. The zero-order valence-corrected chi connectivity index (χ0v) is 12.4. The zero-order valence-electron chi connectivity index (χ0n) is 11.6. The van der Waals surface area contributed by atoms with Crippen molar-refractivity contribution in [3.05, 3.63) is 27.1 Å². The molecular weight excluding hydrogens is 282 g/mol. The fourth-order valence-electron chi connectivity index (χ4n) is 1.54. The van der Waals surface area contributed by atoms with Gasteiger partial charge in [-0.25, -0.2) is 0 Å². The van der Waals surface area contributed by atoms with Crippen molar-refractivity contribution in [2.24, 2.45) is 0 Å². The molecule has 8 heteroatoms. The quantitative estimate of drug-likeness (QED) is 0.423. The second-order valence-corrected chi connectivity index (χ2v) is 5.36. The third kappa shape index (κ3) is 5.64. The van der Waals surface area contributed by atoms with Gasteiger partial charge in [-0.2, -0.15) is 0 Å². The summed E-state index contributed by atoms with van der Waals surface area (Å²) in [6, 6.07) is 2.82. The van der Waals surface area contributed by atoms with E-state index in [1.807, 2.05) is 7.05 Å². The standard InChI is InChI=1S/C12H19N3O4S/c1-14(8-9-19-2)7-3-6-13-12(16)10-4-5-11(20-10)15(17)18/h4-5H,3,6-9H2,1-2H3,(H,13,16). The van der Waals surface area contributed by atoms with Crippen LogP contribution in [-0.4, -0.2) is 56.1 Å². The van der Waals surface area contributed by atoms with Crippen molar-refractivity contribution >= 4 is 22.2 Å². The fourth-order valence-corrected chi connectivity index (χ4v) is 2.28. The Balaban J connectivity index is 2.24. The maximum absolute atomic E-state index is 11.7. The van der Waals surface area contributed by atoms with E-state index >= 15 is 0 Å². The first-order valence-corrected chi connectivity index (χ1v) is 7.06. The highest BCUT2D eigenvalue weighted by molar-refractivity contribution is 7.17. The molecule has 1 rings (SSSR count). The smallest absolute Gasteiger partial charge is 0.324 e. The summed E-state index contributed by atoms with van der Waals surface area (Å²) in [6.45, 7) is 2.93. The number of carbonyl (C=O) groups excluding carboxylic acids is 1. The summed E-state index contributed by atoms with van der Waals surface area (Å²) in [5.41, 5.74) is 0. The SMILES string of the molecule is COCCN(C)CCCNC(=O)c1ccc([N+](=O)[O-])s1. The molecule has 0 saturated heterocycles. The minimum absolute atomic E-state index is 0.0190. The van der Waals surface area contributed by atoms with Gasteiger partial charge in [-0.05, 0) is 26.1 Å². The lowest BCUT2D eigenvalue weighted by molar-refractivity contribution is -0.380. The molecule has 1 aromatic rings. The fraction of sp³-hybridized carbons (Fsp3) is 0.583. The lowest BCUT2D eigenvalue weighted by Crippen LogP contribution is -2.29. The van der Waals surface area contributed by atoms with E-state index in [0.29, 0.717) is 18.0 Å². The summed E-state index contributed by atoms with van der Waals surface area (Å²) >= 11 is 0.886. The molecule has 1 N–H and O–H groups in total. The Hall–Kier alpha value is -1.51. The number of rotatable bonds is 9. The molecule has 112 valence electrons. The summed E-state index contributed by atoms with van der Waals surface area (Å²) in [7, 11) is 3.65. The molecule has 0 aliphatic carbocycles. The van der Waals surface area contributed by atoms with E-state index in [2.05, 4.69) is 10.2 Å². The van der Waals surface area contributed by atoms with Gasteiger partial charge < -0.3 is 15.0 Å². The van der Waals surface area contributed by atoms with Crippen molar-refractivity contribution in [1.82, 2.24) is 10.2 Å². The zero-order chi connectivity index (χ0) is 15.0. The molecule has 0 radical (unpaired) electrons. The molecule has 0 fully saturated rings. The first-order chi connectivity index (χ1) is 9.54. The van der Waals surface area contributed by atoms with Crippen LogP contribution in [0.5, 0.6) is 0 Å². The van der Waals surface area contributed by atoms with E-state index < -0.39 is 4.92 Å². The Labute approximate surface area is 121 Å². The number of ether oxygens (including phenoxy) is 1. The second kappa shape index (κ2) is 8.62. The van der Waals surface area contributed by atoms with E-state index in [4.69, 9.17) is 4.74 Å². The van der Waals surface area contributed by atoms with Gasteiger partial charge in [-0.1, -0.05) is 11.3 Å². The lowest BCUT2D eigenvalue weighted by atomic mass is 10.3. The van der Waals surface area contributed by atoms with Crippen LogP contribution in [0, 0.1) is 10.1 Å². The van der Waals surface area contributed by atoms with Crippen LogP contribution in [0.25, 0.3) is 0 Å². The highest BCUT2D eigenvalue weighted by atomic mass is 32.1. The van der Waals surface area contributed by atoms with Crippen LogP contribution in [0.1, 0.15) is 16.1 Å². The van der Waals surface area contributed by atoms with E-state index in [1.165, 1.54) is 12.1 Å². The summed E-state index contributed by atoms with van der Waals surface area (Å²) in [5.74, 6) is -0.261. The Morgan fingerprint density at radius 2 is 2.25 bits per heavy atom. The normalized spacial score (nSPS) is 10.8. The average Bonchev–Trinajstić information content (AvgIpc) is 2.91. The summed E-state index contributed by atoms with van der Waals surface area (Å²) < 4.78 is 4.97. The van der Waals surface area contributed by atoms with Crippen molar-refractivity contribution in [3.8, 4) is 0 Å². The van der Waals surface area contributed by atoms with Crippen molar-refractivity contribution < 1.29 is 14.5 Å². The molecule has 20 heavy (non-hydrogen) atoms. The molecule has 1 amide bonds. The number of amides is 1. The van der Waals surface area contributed by atoms with E-state index in [1.54, 1.807) is 7.11 Å². The van der Waals surface area contributed by atoms with Crippen LogP contribution in [0.2, 0.25) is 0 Å². The van der Waals surface area contributed by atoms with E-state index in [0.717, 1.165) is 30.8 Å². The highest BCUT2D eigenvalue weighted by Crippen LogP contribution is 2.23. The number of methoxy groups -OCH3 is 1. The minimum Gasteiger partial charge on any atom is -0.383 e. The van der Waals surface area contributed by atoms with Crippen molar-refractivity contribution in [1.29, 1.82) is 0 Å². The molecular formula is C12H19N3O4S. The van der Waals surface area contributed by atoms with Gasteiger partial charge in [-0.15, -0.1) is 0 Å². The largest absolute Gasteiger partial charge is 0.383 e. The first kappa shape index (κ1) is 16.5. The molecule has 0 bridgehead atoms. The minimum atomic E-state index is -0.494. The van der Waals surface area contributed by atoms with Gasteiger partial charge in [0, 0.05) is 26.3 Å². The van der Waals surface area contributed by atoms with Crippen LogP contribution in [0.4, 0.5) is 5.00 Å². The number of nitrogens with zero attached hydrogens (tertiary/aromatic N) is 2. The Morgan fingerprint density at radius 3 is 2.85 bits per heavy atom. The van der Waals surface area contributed by atoms with E-state index in [-0.39, 0.29) is 10.9 Å². The molecule has 0 aliphatic heterocycles. The lowest BCUT2D eigenvalue weighted by Gasteiger charge is -2.15. The number of likely N-dealkylation sites (N-methyl/N-ethyl adjacent to an activating group) is 1. The molecule has 0 aliphatic rings. The predicted molar refractivity (Wildman–Crippen MR) is 77.3 cm³/mol. The molecule has 0 unspecified atom stereocenters. The molecule has 1 aromatic heterocycles. The number of nitro groups is 1. The van der Waals surface area contributed by atoms with Gasteiger partial charge in [0.05, 0.1) is 16.4 Å². The predicted octanol–water partition coefficient (Wildman–Crippen LogP) is 1.35. The molecule has 7 nitrogen and oxygen atoms in total. The van der Waals surface area contributed by atoms with Gasteiger partial charge in [0.25, 0.3) is 5.91 Å². The van der Waals surface area contributed by atoms with Gasteiger partial charge in [0.15, 0.2) is 0 Å². The maximum Gasteiger partial charge on any atom is 0.324 e. The molecule has 0 aromatic carbocycles. The van der Waals surface area contributed by atoms with Crippen LogP contribution in [0.15, 0.2) is 12.1 Å².